The van der Waals surface area contributed by atoms with Crippen molar-refractivity contribution in [2.75, 3.05) is 19.8 Å². The highest BCUT2D eigenvalue weighted by Crippen LogP contribution is 2.34. The van der Waals surface area contributed by atoms with Crippen LogP contribution in [0.1, 0.15) is 31.9 Å². The number of carbonyl (C=O) groups is 1. The summed E-state index contributed by atoms with van der Waals surface area (Å²) >= 11 is 6.06. The lowest BCUT2D eigenvalue weighted by Crippen LogP contribution is -2.35. The molecule has 1 aliphatic heterocycles. The molecule has 1 aliphatic rings. The van der Waals surface area contributed by atoms with Crippen LogP contribution in [0.25, 0.3) is 0 Å². The van der Waals surface area contributed by atoms with Crippen LogP contribution in [0.2, 0.25) is 5.02 Å². The maximum Gasteiger partial charge on any atom is 0.258 e. The van der Waals surface area contributed by atoms with Crippen molar-refractivity contribution in [3.63, 3.8) is 0 Å². The maximum absolute atomic E-state index is 12.4. The van der Waals surface area contributed by atoms with E-state index in [0.717, 1.165) is 23.5 Å². The van der Waals surface area contributed by atoms with Crippen LogP contribution in [-0.2, 0) is 4.79 Å². The molecule has 0 aliphatic carbocycles. The van der Waals surface area contributed by atoms with Gasteiger partial charge in [0.15, 0.2) is 18.1 Å². The number of fused-ring (bicyclic) bond motifs is 1. The van der Waals surface area contributed by atoms with Crippen molar-refractivity contribution in [1.29, 1.82) is 0 Å². The smallest absolute Gasteiger partial charge is 0.258 e. The van der Waals surface area contributed by atoms with E-state index in [4.69, 9.17) is 25.8 Å². The molecule has 0 aromatic heterocycles. The summed E-state index contributed by atoms with van der Waals surface area (Å²) in [6, 6.07) is 12.7. The highest BCUT2D eigenvalue weighted by molar-refractivity contribution is 6.32. The van der Waals surface area contributed by atoms with Gasteiger partial charge in [-0.2, -0.15) is 0 Å². The quantitative estimate of drug-likeness (QED) is 0.795. The van der Waals surface area contributed by atoms with Crippen molar-refractivity contribution in [3.8, 4) is 17.2 Å². The molecular formula is C21H24ClNO4. The molecule has 0 radical (unpaired) electrons. The third-order valence-corrected chi connectivity index (χ3v) is 4.62. The molecule has 27 heavy (non-hydrogen) atoms. The molecule has 2 aromatic rings. The molecule has 0 spiro atoms. The first kappa shape index (κ1) is 19.4. The summed E-state index contributed by atoms with van der Waals surface area (Å²) in [7, 11) is 0. The topological polar surface area (TPSA) is 56.8 Å². The fourth-order valence-corrected chi connectivity index (χ4v) is 3.12. The zero-order valence-electron chi connectivity index (χ0n) is 15.5. The van der Waals surface area contributed by atoms with Gasteiger partial charge in [0.2, 0.25) is 0 Å². The van der Waals surface area contributed by atoms with E-state index in [1.807, 2.05) is 30.3 Å². The Morgan fingerprint density at radius 1 is 1.15 bits per heavy atom. The first-order valence-corrected chi connectivity index (χ1v) is 9.48. The average molecular weight is 390 g/mol. The molecule has 0 fully saturated rings. The van der Waals surface area contributed by atoms with Gasteiger partial charge in [0, 0.05) is 6.42 Å². The standard InChI is InChI=1S/C21H24ClNO4/c1-14(2)21(15-8-9-18-19(12-15)26-11-5-10-25-18)23-20(24)13-27-17-7-4-3-6-16(17)22/h3-4,6-9,12,14,21H,5,10-11,13H2,1-2H3,(H,23,24)/t21-/m1/s1. The summed E-state index contributed by atoms with van der Waals surface area (Å²) in [5.74, 6) is 1.94. The summed E-state index contributed by atoms with van der Waals surface area (Å²) < 4.78 is 17.0. The summed E-state index contributed by atoms with van der Waals surface area (Å²) in [6.07, 6.45) is 0.855. The van der Waals surface area contributed by atoms with E-state index < -0.39 is 0 Å². The lowest BCUT2D eigenvalue weighted by molar-refractivity contribution is -0.124. The SMILES string of the molecule is CC(C)[C@@H](NC(=O)COc1ccccc1Cl)c1ccc2c(c1)OCCCO2. The van der Waals surface area contributed by atoms with Crippen molar-refractivity contribution >= 4 is 17.5 Å². The molecule has 0 bridgehead atoms. The van der Waals surface area contributed by atoms with Gasteiger partial charge in [-0.15, -0.1) is 0 Å². The van der Waals surface area contributed by atoms with Crippen molar-refractivity contribution in [2.45, 2.75) is 26.3 Å². The number of hydrogen-bond donors (Lipinski definition) is 1. The predicted octanol–water partition coefficient (Wildman–Crippen LogP) is 4.39. The number of amides is 1. The lowest BCUT2D eigenvalue weighted by atomic mass is 9.95. The lowest BCUT2D eigenvalue weighted by Gasteiger charge is -2.24. The van der Waals surface area contributed by atoms with Crippen LogP contribution >= 0.6 is 11.6 Å². The van der Waals surface area contributed by atoms with Crippen LogP contribution in [0.15, 0.2) is 42.5 Å². The minimum Gasteiger partial charge on any atom is -0.490 e. The normalized spacial score (nSPS) is 14.4. The molecule has 1 N–H and O–H groups in total. The van der Waals surface area contributed by atoms with Gasteiger partial charge < -0.3 is 19.5 Å². The maximum atomic E-state index is 12.4. The van der Waals surface area contributed by atoms with Crippen molar-refractivity contribution < 1.29 is 19.0 Å². The molecule has 3 rings (SSSR count). The Morgan fingerprint density at radius 3 is 2.63 bits per heavy atom. The van der Waals surface area contributed by atoms with Crippen LogP contribution in [-0.4, -0.2) is 25.7 Å². The monoisotopic (exact) mass is 389 g/mol. The van der Waals surface area contributed by atoms with Crippen LogP contribution in [0.4, 0.5) is 0 Å². The molecule has 0 unspecified atom stereocenters. The van der Waals surface area contributed by atoms with Crippen LogP contribution in [0.3, 0.4) is 0 Å². The van der Waals surface area contributed by atoms with Crippen molar-refractivity contribution in [2.24, 2.45) is 5.92 Å². The molecule has 1 amide bonds. The van der Waals surface area contributed by atoms with E-state index in [2.05, 4.69) is 19.2 Å². The van der Waals surface area contributed by atoms with Gasteiger partial charge in [-0.1, -0.05) is 43.6 Å². The molecule has 1 atom stereocenters. The number of hydrogen-bond acceptors (Lipinski definition) is 4. The molecular weight excluding hydrogens is 366 g/mol. The van der Waals surface area contributed by atoms with Crippen molar-refractivity contribution in [3.05, 3.63) is 53.1 Å². The fraction of sp³-hybridized carbons (Fsp3) is 0.381. The van der Waals surface area contributed by atoms with Crippen LogP contribution in [0, 0.1) is 5.92 Å². The minimum absolute atomic E-state index is 0.0997. The predicted molar refractivity (Wildman–Crippen MR) is 105 cm³/mol. The minimum atomic E-state index is -0.208. The van der Waals surface area contributed by atoms with E-state index in [0.29, 0.717) is 24.0 Å². The average Bonchev–Trinajstić information content (AvgIpc) is 2.90. The fourth-order valence-electron chi connectivity index (χ4n) is 2.93. The number of halogens is 1. The van der Waals surface area contributed by atoms with Crippen LogP contribution in [0.5, 0.6) is 17.2 Å². The zero-order valence-corrected chi connectivity index (χ0v) is 16.3. The Kier molecular flexibility index (Phi) is 6.45. The number of nitrogens with one attached hydrogen (secondary N) is 1. The molecule has 2 aromatic carbocycles. The number of ether oxygens (including phenoxy) is 3. The number of carbonyl (C=O) groups excluding carboxylic acids is 1. The van der Waals surface area contributed by atoms with E-state index in [1.165, 1.54) is 0 Å². The van der Waals surface area contributed by atoms with Crippen molar-refractivity contribution in [1.82, 2.24) is 5.32 Å². The molecule has 0 saturated carbocycles. The van der Waals surface area contributed by atoms with E-state index in [-0.39, 0.29) is 24.5 Å². The summed E-state index contributed by atoms with van der Waals surface area (Å²) in [5.41, 5.74) is 0.973. The Labute approximate surface area is 164 Å². The molecule has 5 nitrogen and oxygen atoms in total. The van der Waals surface area contributed by atoms with Gasteiger partial charge >= 0.3 is 0 Å². The molecule has 0 saturated heterocycles. The van der Waals surface area contributed by atoms with Gasteiger partial charge in [-0.05, 0) is 35.7 Å². The van der Waals surface area contributed by atoms with E-state index in [1.54, 1.807) is 12.1 Å². The Balaban J connectivity index is 1.68. The summed E-state index contributed by atoms with van der Waals surface area (Å²) in [4.78, 5) is 12.4. The number of benzene rings is 2. The molecule has 144 valence electrons. The van der Waals surface area contributed by atoms with Gasteiger partial charge in [0.1, 0.15) is 5.75 Å². The largest absolute Gasteiger partial charge is 0.490 e. The van der Waals surface area contributed by atoms with E-state index >= 15 is 0 Å². The Morgan fingerprint density at radius 2 is 1.89 bits per heavy atom. The second-order valence-electron chi connectivity index (χ2n) is 6.76. The first-order chi connectivity index (χ1) is 13.0. The number of rotatable bonds is 6. The highest BCUT2D eigenvalue weighted by atomic mass is 35.5. The third kappa shape index (κ3) is 5.07. The Bertz CT molecular complexity index is 794. The van der Waals surface area contributed by atoms with E-state index in [9.17, 15) is 4.79 Å². The summed E-state index contributed by atoms with van der Waals surface area (Å²) in [5, 5.41) is 3.52. The highest BCUT2D eigenvalue weighted by Gasteiger charge is 2.21. The summed E-state index contributed by atoms with van der Waals surface area (Å²) in [6.45, 7) is 5.29. The second kappa shape index (κ2) is 9.00. The third-order valence-electron chi connectivity index (χ3n) is 4.31. The zero-order chi connectivity index (χ0) is 19.2. The van der Waals surface area contributed by atoms with Crippen LogP contribution < -0.4 is 19.5 Å². The Hall–Kier alpha value is -2.40. The molecule has 6 heteroatoms. The van der Waals surface area contributed by atoms with Gasteiger partial charge in [-0.25, -0.2) is 0 Å². The van der Waals surface area contributed by atoms with Gasteiger partial charge in [0.25, 0.3) is 5.91 Å². The van der Waals surface area contributed by atoms with Gasteiger partial charge in [-0.3, -0.25) is 4.79 Å². The first-order valence-electron chi connectivity index (χ1n) is 9.11. The van der Waals surface area contributed by atoms with Gasteiger partial charge in [0.05, 0.1) is 24.3 Å². The molecule has 1 heterocycles. The number of para-hydroxylation sites is 1. The second-order valence-corrected chi connectivity index (χ2v) is 7.17.